The zero-order chi connectivity index (χ0) is 12.2. The van der Waals surface area contributed by atoms with Crippen LogP contribution in [0.3, 0.4) is 0 Å². The van der Waals surface area contributed by atoms with E-state index in [2.05, 4.69) is 35.7 Å². The lowest BCUT2D eigenvalue weighted by Crippen LogP contribution is -2.38. The highest BCUT2D eigenvalue weighted by atomic mass is 15.2. The number of nitrogens with zero attached hydrogens (tertiary/aromatic N) is 2. The molecular weight excluding hydrogens is 200 g/mol. The van der Waals surface area contributed by atoms with Crippen LogP contribution in [-0.4, -0.2) is 15.6 Å². The molecule has 16 heavy (non-hydrogen) atoms. The highest BCUT2D eigenvalue weighted by Crippen LogP contribution is 2.22. The number of nitrogens with one attached hydrogen (secondary N) is 1. The Morgan fingerprint density at radius 1 is 1.50 bits per heavy atom. The fourth-order valence-corrected chi connectivity index (χ4v) is 1.92. The van der Waals surface area contributed by atoms with Gasteiger partial charge in [-0.25, -0.2) is 4.98 Å². The summed E-state index contributed by atoms with van der Waals surface area (Å²) in [6, 6.07) is 0.358. The number of hydrogen-bond donors (Lipinski definition) is 2. The first-order valence-corrected chi connectivity index (χ1v) is 5.85. The van der Waals surface area contributed by atoms with Crippen LogP contribution in [0.4, 0.5) is 0 Å². The van der Waals surface area contributed by atoms with Crippen molar-refractivity contribution in [2.45, 2.75) is 46.1 Å². The Morgan fingerprint density at radius 2 is 2.19 bits per heavy atom. The van der Waals surface area contributed by atoms with Crippen LogP contribution in [0.1, 0.15) is 39.4 Å². The van der Waals surface area contributed by atoms with Gasteiger partial charge in [0.2, 0.25) is 0 Å². The topological polar surface area (TPSA) is 55.9 Å². The van der Waals surface area contributed by atoms with Crippen LogP contribution in [0.5, 0.6) is 0 Å². The minimum atomic E-state index is 0.304. The van der Waals surface area contributed by atoms with Gasteiger partial charge in [-0.05, 0) is 18.3 Å². The smallest absolute Gasteiger partial charge is 0.108 e. The largest absolute Gasteiger partial charge is 0.338 e. The van der Waals surface area contributed by atoms with Crippen molar-refractivity contribution < 1.29 is 0 Å². The summed E-state index contributed by atoms with van der Waals surface area (Å²) in [7, 11) is 2.02. The van der Waals surface area contributed by atoms with Crippen molar-refractivity contribution in [3.8, 4) is 0 Å². The summed E-state index contributed by atoms with van der Waals surface area (Å²) in [6.45, 7) is 6.70. The average Bonchev–Trinajstić information content (AvgIpc) is 2.57. The molecule has 0 saturated heterocycles. The molecule has 0 fully saturated rings. The van der Waals surface area contributed by atoms with Gasteiger partial charge in [0.15, 0.2) is 0 Å². The van der Waals surface area contributed by atoms with E-state index in [0.29, 0.717) is 11.5 Å². The first-order chi connectivity index (χ1) is 7.42. The van der Waals surface area contributed by atoms with Gasteiger partial charge in [0.25, 0.3) is 0 Å². The second-order valence-electron chi connectivity index (χ2n) is 5.62. The predicted octanol–water partition coefficient (Wildman–Crippen LogP) is 1.62. The highest BCUT2D eigenvalue weighted by molar-refractivity contribution is 4.92. The van der Waals surface area contributed by atoms with Crippen molar-refractivity contribution in [2.24, 2.45) is 18.3 Å². The second kappa shape index (κ2) is 5.46. The molecule has 1 aromatic heterocycles. The third kappa shape index (κ3) is 4.33. The normalized spacial score (nSPS) is 14.1. The molecule has 1 unspecified atom stereocenters. The van der Waals surface area contributed by atoms with Gasteiger partial charge < -0.3 is 4.57 Å². The number of nitrogens with two attached hydrogens (primary N) is 1. The molecule has 0 amide bonds. The van der Waals surface area contributed by atoms with E-state index in [9.17, 15) is 0 Å². The van der Waals surface area contributed by atoms with Crippen molar-refractivity contribution in [1.29, 1.82) is 0 Å². The minimum Gasteiger partial charge on any atom is -0.338 e. The Kier molecular flexibility index (Phi) is 4.50. The van der Waals surface area contributed by atoms with Crippen LogP contribution in [0.15, 0.2) is 12.4 Å². The summed E-state index contributed by atoms with van der Waals surface area (Å²) in [5.41, 5.74) is 3.21. The molecule has 0 spiro atoms. The molecule has 1 heterocycles. The fraction of sp³-hybridized carbons (Fsp3) is 0.750. The SMILES string of the molecule is Cn1ccnc1CCC(CC(C)(C)C)NN. The number of hydrogen-bond acceptors (Lipinski definition) is 3. The quantitative estimate of drug-likeness (QED) is 0.590. The summed E-state index contributed by atoms with van der Waals surface area (Å²) in [5.74, 6) is 6.70. The van der Waals surface area contributed by atoms with Gasteiger partial charge in [-0.2, -0.15) is 0 Å². The first-order valence-electron chi connectivity index (χ1n) is 5.85. The molecule has 0 aliphatic heterocycles. The third-order valence-corrected chi connectivity index (χ3v) is 2.73. The van der Waals surface area contributed by atoms with Crippen LogP contribution in [0, 0.1) is 5.41 Å². The van der Waals surface area contributed by atoms with Crippen molar-refractivity contribution in [3.05, 3.63) is 18.2 Å². The van der Waals surface area contributed by atoms with Crippen LogP contribution < -0.4 is 11.3 Å². The molecule has 0 aromatic carbocycles. The number of rotatable bonds is 5. The Morgan fingerprint density at radius 3 is 2.62 bits per heavy atom. The Balaban J connectivity index is 2.43. The Hall–Kier alpha value is -0.870. The summed E-state index contributed by atoms with van der Waals surface area (Å²) in [4.78, 5) is 4.31. The van der Waals surface area contributed by atoms with Crippen LogP contribution in [0.25, 0.3) is 0 Å². The summed E-state index contributed by atoms with van der Waals surface area (Å²) < 4.78 is 2.06. The standard InChI is InChI=1S/C12H24N4/c1-12(2,3)9-10(15-13)5-6-11-14-7-8-16(11)4/h7-8,10,15H,5-6,9,13H2,1-4H3. The number of hydrazine groups is 1. The van der Waals surface area contributed by atoms with E-state index in [-0.39, 0.29) is 0 Å². The summed E-state index contributed by atoms with van der Waals surface area (Å²) in [5, 5.41) is 0. The van der Waals surface area contributed by atoms with Gasteiger partial charge in [0, 0.05) is 31.9 Å². The molecule has 1 aromatic rings. The van der Waals surface area contributed by atoms with Gasteiger partial charge in [-0.3, -0.25) is 11.3 Å². The molecule has 0 aliphatic rings. The summed E-state index contributed by atoms with van der Waals surface area (Å²) >= 11 is 0. The zero-order valence-corrected chi connectivity index (χ0v) is 10.8. The van der Waals surface area contributed by atoms with Gasteiger partial charge in [-0.15, -0.1) is 0 Å². The lowest BCUT2D eigenvalue weighted by Gasteiger charge is -2.25. The molecule has 0 bridgehead atoms. The first kappa shape index (κ1) is 13.2. The van der Waals surface area contributed by atoms with Crippen molar-refractivity contribution in [2.75, 3.05) is 0 Å². The second-order valence-corrected chi connectivity index (χ2v) is 5.62. The molecule has 4 nitrogen and oxygen atoms in total. The van der Waals surface area contributed by atoms with Crippen LogP contribution >= 0.6 is 0 Å². The van der Waals surface area contributed by atoms with E-state index in [4.69, 9.17) is 5.84 Å². The maximum atomic E-state index is 5.58. The number of imidazole rings is 1. The summed E-state index contributed by atoms with van der Waals surface area (Å²) in [6.07, 6.45) is 6.88. The fourth-order valence-electron chi connectivity index (χ4n) is 1.92. The Labute approximate surface area is 98.2 Å². The Bertz CT molecular complexity index is 311. The molecule has 1 atom stereocenters. The van der Waals surface area contributed by atoms with E-state index in [1.165, 1.54) is 0 Å². The molecular formula is C12H24N4. The van der Waals surface area contributed by atoms with Gasteiger partial charge in [0.1, 0.15) is 5.82 Å². The maximum Gasteiger partial charge on any atom is 0.108 e. The highest BCUT2D eigenvalue weighted by Gasteiger charge is 2.18. The molecule has 3 N–H and O–H groups in total. The average molecular weight is 224 g/mol. The number of aromatic nitrogens is 2. The van der Waals surface area contributed by atoms with E-state index in [1.807, 2.05) is 19.4 Å². The van der Waals surface area contributed by atoms with Crippen molar-refractivity contribution >= 4 is 0 Å². The molecule has 92 valence electrons. The van der Waals surface area contributed by atoms with Crippen molar-refractivity contribution in [3.63, 3.8) is 0 Å². The molecule has 1 rings (SSSR count). The molecule has 0 saturated carbocycles. The van der Waals surface area contributed by atoms with E-state index in [0.717, 1.165) is 25.1 Å². The monoisotopic (exact) mass is 224 g/mol. The van der Waals surface area contributed by atoms with Crippen molar-refractivity contribution in [1.82, 2.24) is 15.0 Å². The van der Waals surface area contributed by atoms with Gasteiger partial charge in [0.05, 0.1) is 0 Å². The van der Waals surface area contributed by atoms with Gasteiger partial charge >= 0.3 is 0 Å². The van der Waals surface area contributed by atoms with E-state index in [1.54, 1.807) is 0 Å². The predicted molar refractivity (Wildman–Crippen MR) is 66.7 cm³/mol. The zero-order valence-electron chi connectivity index (χ0n) is 10.8. The van der Waals surface area contributed by atoms with Crippen LogP contribution in [-0.2, 0) is 13.5 Å². The minimum absolute atomic E-state index is 0.304. The molecule has 0 aliphatic carbocycles. The van der Waals surface area contributed by atoms with Gasteiger partial charge in [-0.1, -0.05) is 20.8 Å². The number of aryl methyl sites for hydroxylation is 2. The van der Waals surface area contributed by atoms with Crippen LogP contribution in [0.2, 0.25) is 0 Å². The van der Waals surface area contributed by atoms with E-state index >= 15 is 0 Å². The maximum absolute atomic E-state index is 5.58. The van der Waals surface area contributed by atoms with E-state index < -0.39 is 0 Å². The molecule has 4 heteroatoms. The third-order valence-electron chi connectivity index (χ3n) is 2.73. The lowest BCUT2D eigenvalue weighted by molar-refractivity contribution is 0.299. The molecule has 0 radical (unpaired) electrons. The lowest BCUT2D eigenvalue weighted by atomic mass is 9.87.